The van der Waals surface area contributed by atoms with Crippen molar-refractivity contribution in [3.05, 3.63) is 23.7 Å². The Labute approximate surface area is 131 Å². The zero-order chi connectivity index (χ0) is 15.8. The van der Waals surface area contributed by atoms with Gasteiger partial charge in [0.25, 0.3) is 5.91 Å². The molecule has 0 atom stereocenters. The lowest BCUT2D eigenvalue weighted by atomic mass is 10.1. The van der Waals surface area contributed by atoms with Crippen molar-refractivity contribution in [2.24, 2.45) is 0 Å². The van der Waals surface area contributed by atoms with Gasteiger partial charge in [-0.25, -0.2) is 0 Å². The van der Waals surface area contributed by atoms with Crippen molar-refractivity contribution < 1.29 is 14.0 Å². The third kappa shape index (κ3) is 5.18. The summed E-state index contributed by atoms with van der Waals surface area (Å²) in [5, 5.41) is 5.63. The Morgan fingerprint density at radius 2 is 1.95 bits per heavy atom. The van der Waals surface area contributed by atoms with Crippen molar-refractivity contribution in [2.45, 2.75) is 32.6 Å². The number of rotatable bonds is 7. The summed E-state index contributed by atoms with van der Waals surface area (Å²) in [6.45, 7) is 5.92. The van der Waals surface area contributed by atoms with Gasteiger partial charge in [-0.15, -0.1) is 0 Å². The van der Waals surface area contributed by atoms with E-state index in [1.165, 1.54) is 25.5 Å². The van der Waals surface area contributed by atoms with Gasteiger partial charge in [-0.2, -0.15) is 0 Å². The number of hydrogen-bond acceptors (Lipinski definition) is 4. The highest BCUT2D eigenvalue weighted by molar-refractivity contribution is 5.95. The van der Waals surface area contributed by atoms with Crippen molar-refractivity contribution in [3.8, 4) is 0 Å². The standard InChI is InChI=1S/C16H25N3O3/c1-13-14(6-12-22-13)16(21)18-7-5-15(20)17-8-11-19-9-3-2-4-10-19/h6,12H,2-5,7-11H2,1H3,(H,17,20)(H,18,21). The van der Waals surface area contributed by atoms with Crippen molar-refractivity contribution >= 4 is 11.8 Å². The van der Waals surface area contributed by atoms with Crippen LogP contribution in [0.1, 0.15) is 41.8 Å². The minimum absolute atomic E-state index is 0.0266. The summed E-state index contributed by atoms with van der Waals surface area (Å²) in [4.78, 5) is 25.9. The Balaban J connectivity index is 1.56. The van der Waals surface area contributed by atoms with Crippen LogP contribution >= 0.6 is 0 Å². The molecule has 6 heteroatoms. The van der Waals surface area contributed by atoms with Gasteiger partial charge >= 0.3 is 0 Å². The second-order valence-electron chi connectivity index (χ2n) is 5.65. The van der Waals surface area contributed by atoms with Gasteiger partial charge in [0.2, 0.25) is 5.91 Å². The molecule has 0 radical (unpaired) electrons. The number of nitrogens with zero attached hydrogens (tertiary/aromatic N) is 1. The number of carbonyl (C=O) groups is 2. The third-order valence-corrected chi connectivity index (χ3v) is 3.94. The zero-order valence-corrected chi connectivity index (χ0v) is 13.2. The lowest BCUT2D eigenvalue weighted by Crippen LogP contribution is -2.38. The van der Waals surface area contributed by atoms with Gasteiger partial charge in [0.05, 0.1) is 11.8 Å². The lowest BCUT2D eigenvalue weighted by molar-refractivity contribution is -0.121. The average Bonchev–Trinajstić information content (AvgIpc) is 2.94. The van der Waals surface area contributed by atoms with Crippen LogP contribution in [0.15, 0.2) is 16.7 Å². The predicted octanol–water partition coefficient (Wildman–Crippen LogP) is 1.31. The molecule has 122 valence electrons. The Hall–Kier alpha value is -1.82. The molecule has 2 heterocycles. The molecule has 0 aliphatic carbocycles. The quantitative estimate of drug-likeness (QED) is 0.796. The fraction of sp³-hybridized carbons (Fsp3) is 0.625. The highest BCUT2D eigenvalue weighted by Crippen LogP contribution is 2.08. The van der Waals surface area contributed by atoms with Crippen LogP contribution in [-0.2, 0) is 4.79 Å². The van der Waals surface area contributed by atoms with E-state index < -0.39 is 0 Å². The van der Waals surface area contributed by atoms with Gasteiger partial charge in [-0.05, 0) is 38.9 Å². The number of furan rings is 1. The molecule has 0 bridgehead atoms. The second-order valence-corrected chi connectivity index (χ2v) is 5.65. The van der Waals surface area contributed by atoms with Gasteiger partial charge in [0, 0.05) is 26.1 Å². The molecule has 2 amide bonds. The number of piperidine rings is 1. The Bertz CT molecular complexity index is 493. The van der Waals surface area contributed by atoms with Gasteiger partial charge in [0.15, 0.2) is 0 Å². The van der Waals surface area contributed by atoms with Crippen molar-refractivity contribution in [1.82, 2.24) is 15.5 Å². The predicted molar refractivity (Wildman–Crippen MR) is 83.7 cm³/mol. The summed E-state index contributed by atoms with van der Waals surface area (Å²) in [6.07, 6.45) is 5.61. The van der Waals surface area contributed by atoms with Crippen LogP contribution < -0.4 is 10.6 Å². The largest absolute Gasteiger partial charge is 0.469 e. The molecule has 1 aromatic heterocycles. The number of aryl methyl sites for hydroxylation is 1. The number of hydrogen-bond donors (Lipinski definition) is 2. The highest BCUT2D eigenvalue weighted by Gasteiger charge is 2.12. The first-order chi connectivity index (χ1) is 10.7. The summed E-state index contributed by atoms with van der Waals surface area (Å²) < 4.78 is 5.08. The molecule has 2 N–H and O–H groups in total. The molecule has 0 aromatic carbocycles. The van der Waals surface area contributed by atoms with E-state index in [1.807, 2.05) is 0 Å². The Kier molecular flexibility index (Phi) is 6.45. The smallest absolute Gasteiger partial charge is 0.254 e. The summed E-state index contributed by atoms with van der Waals surface area (Å²) >= 11 is 0. The van der Waals surface area contributed by atoms with Gasteiger partial charge in [-0.1, -0.05) is 6.42 Å². The van der Waals surface area contributed by atoms with Gasteiger partial charge in [0.1, 0.15) is 5.76 Å². The maximum atomic E-state index is 11.8. The first-order valence-corrected chi connectivity index (χ1v) is 7.98. The summed E-state index contributed by atoms with van der Waals surface area (Å²) in [5.74, 6) is 0.358. The van der Waals surface area contributed by atoms with Crippen LogP contribution in [0.2, 0.25) is 0 Å². The van der Waals surface area contributed by atoms with Crippen LogP contribution in [-0.4, -0.2) is 49.4 Å². The van der Waals surface area contributed by atoms with E-state index in [-0.39, 0.29) is 11.8 Å². The zero-order valence-electron chi connectivity index (χ0n) is 13.2. The molecular weight excluding hydrogens is 282 g/mol. The lowest BCUT2D eigenvalue weighted by Gasteiger charge is -2.26. The first kappa shape index (κ1) is 16.5. The topological polar surface area (TPSA) is 74.6 Å². The highest BCUT2D eigenvalue weighted by atomic mass is 16.3. The molecule has 0 saturated carbocycles. The second kappa shape index (κ2) is 8.58. The van der Waals surface area contributed by atoms with Crippen LogP contribution in [0.5, 0.6) is 0 Å². The normalized spacial score (nSPS) is 15.5. The summed E-state index contributed by atoms with van der Waals surface area (Å²) in [6, 6.07) is 1.63. The fourth-order valence-corrected chi connectivity index (χ4v) is 2.63. The van der Waals surface area contributed by atoms with Crippen LogP contribution in [0.3, 0.4) is 0 Å². The van der Waals surface area contributed by atoms with E-state index >= 15 is 0 Å². The monoisotopic (exact) mass is 307 g/mol. The first-order valence-electron chi connectivity index (χ1n) is 7.98. The molecule has 1 aromatic rings. The van der Waals surface area contributed by atoms with Gasteiger partial charge in [-0.3, -0.25) is 9.59 Å². The number of nitrogens with one attached hydrogen (secondary N) is 2. The maximum Gasteiger partial charge on any atom is 0.254 e. The van der Waals surface area contributed by atoms with E-state index in [1.54, 1.807) is 13.0 Å². The average molecular weight is 307 g/mol. The van der Waals surface area contributed by atoms with Crippen LogP contribution in [0.4, 0.5) is 0 Å². The maximum absolute atomic E-state index is 11.8. The summed E-state index contributed by atoms with van der Waals surface area (Å²) in [7, 11) is 0. The molecule has 0 spiro atoms. The molecule has 1 aliphatic rings. The van der Waals surface area contributed by atoms with Crippen molar-refractivity contribution in [3.63, 3.8) is 0 Å². The summed E-state index contributed by atoms with van der Waals surface area (Å²) in [5.41, 5.74) is 0.519. The molecule has 1 fully saturated rings. The van der Waals surface area contributed by atoms with Crippen LogP contribution in [0, 0.1) is 6.92 Å². The van der Waals surface area contributed by atoms with E-state index in [0.717, 1.165) is 19.6 Å². The Morgan fingerprint density at radius 1 is 1.18 bits per heavy atom. The number of amides is 2. The van der Waals surface area contributed by atoms with Gasteiger partial charge < -0.3 is 20.0 Å². The number of carbonyl (C=O) groups excluding carboxylic acids is 2. The minimum Gasteiger partial charge on any atom is -0.469 e. The van der Waals surface area contributed by atoms with Crippen molar-refractivity contribution in [1.29, 1.82) is 0 Å². The van der Waals surface area contributed by atoms with E-state index in [2.05, 4.69) is 15.5 Å². The minimum atomic E-state index is -0.202. The van der Waals surface area contributed by atoms with E-state index in [4.69, 9.17) is 4.42 Å². The number of likely N-dealkylation sites (tertiary alicyclic amines) is 1. The molecular formula is C16H25N3O3. The van der Waals surface area contributed by atoms with E-state index in [9.17, 15) is 9.59 Å². The molecule has 1 aliphatic heterocycles. The molecule has 22 heavy (non-hydrogen) atoms. The Morgan fingerprint density at radius 3 is 2.64 bits per heavy atom. The third-order valence-electron chi connectivity index (χ3n) is 3.94. The molecule has 0 unspecified atom stereocenters. The fourth-order valence-electron chi connectivity index (χ4n) is 2.63. The molecule has 1 saturated heterocycles. The SMILES string of the molecule is Cc1occc1C(=O)NCCC(=O)NCCN1CCCCC1. The molecule has 2 rings (SSSR count). The van der Waals surface area contributed by atoms with Crippen LogP contribution in [0.25, 0.3) is 0 Å². The van der Waals surface area contributed by atoms with E-state index in [0.29, 0.717) is 30.8 Å². The van der Waals surface area contributed by atoms with Crippen molar-refractivity contribution in [2.75, 3.05) is 32.7 Å². The molecule has 6 nitrogen and oxygen atoms in total.